The van der Waals surface area contributed by atoms with E-state index >= 15 is 0 Å². The van der Waals surface area contributed by atoms with Crippen molar-refractivity contribution in [3.63, 3.8) is 0 Å². The average molecular weight is 307 g/mol. The summed E-state index contributed by atoms with van der Waals surface area (Å²) in [5.74, 6) is 2.39. The molecule has 6 heteroatoms. The zero-order valence-corrected chi connectivity index (χ0v) is 12.0. The quantitative estimate of drug-likeness (QED) is 0.834. The summed E-state index contributed by atoms with van der Waals surface area (Å²) in [6, 6.07) is 7.14. The van der Waals surface area contributed by atoms with Crippen LogP contribution in [0.25, 0.3) is 0 Å². The highest BCUT2D eigenvalue weighted by molar-refractivity contribution is 8.00. The van der Waals surface area contributed by atoms with Gasteiger partial charge in [0.1, 0.15) is 0 Å². The van der Waals surface area contributed by atoms with Gasteiger partial charge < -0.3 is 5.32 Å². The van der Waals surface area contributed by atoms with Crippen molar-refractivity contribution in [2.45, 2.75) is 35.8 Å². The first-order chi connectivity index (χ1) is 9.03. The number of thioether (sulfide) groups is 2. The Labute approximate surface area is 119 Å². The summed E-state index contributed by atoms with van der Waals surface area (Å²) in [6.45, 7) is 0.728. The highest BCUT2D eigenvalue weighted by atomic mass is 32.2. The highest BCUT2D eigenvalue weighted by Gasteiger charge is 2.28. The molecule has 1 aromatic carbocycles. The zero-order chi connectivity index (χ0) is 13.7. The lowest BCUT2D eigenvalue weighted by Crippen LogP contribution is -2.31. The molecule has 0 aromatic heterocycles. The first kappa shape index (κ1) is 15.1. The normalized spacial score (nSPS) is 17.6. The molecule has 1 N–H and O–H groups in total. The van der Waals surface area contributed by atoms with Crippen LogP contribution in [-0.2, 0) is 6.54 Å². The van der Waals surface area contributed by atoms with Crippen LogP contribution in [0.2, 0.25) is 0 Å². The summed E-state index contributed by atoms with van der Waals surface area (Å²) in [5.41, 5.74) is -3.18. The van der Waals surface area contributed by atoms with E-state index in [1.54, 1.807) is 12.1 Å². The van der Waals surface area contributed by atoms with Crippen molar-refractivity contribution in [2.75, 3.05) is 11.5 Å². The molecule has 0 aliphatic carbocycles. The van der Waals surface area contributed by atoms with Gasteiger partial charge in [-0.15, -0.1) is 0 Å². The lowest BCUT2D eigenvalue weighted by atomic mass is 10.1. The van der Waals surface area contributed by atoms with Crippen molar-refractivity contribution in [3.8, 4) is 0 Å². The lowest BCUT2D eigenvalue weighted by Gasteiger charge is -2.22. The fraction of sp³-hybridized carbons (Fsp3) is 0.538. The minimum Gasteiger partial charge on any atom is -0.310 e. The van der Waals surface area contributed by atoms with Crippen LogP contribution in [0.15, 0.2) is 29.2 Å². The van der Waals surface area contributed by atoms with Crippen LogP contribution >= 0.6 is 23.5 Å². The first-order valence-corrected chi connectivity index (χ1v) is 8.16. The van der Waals surface area contributed by atoms with Crippen molar-refractivity contribution in [3.05, 3.63) is 29.8 Å². The fourth-order valence-electron chi connectivity index (χ4n) is 1.97. The van der Waals surface area contributed by atoms with Crippen molar-refractivity contribution in [1.29, 1.82) is 0 Å². The van der Waals surface area contributed by atoms with Gasteiger partial charge in [-0.2, -0.15) is 24.9 Å². The maximum atomic E-state index is 12.2. The van der Waals surface area contributed by atoms with Gasteiger partial charge in [0, 0.05) is 17.5 Å². The predicted octanol–water partition coefficient (Wildman–Crippen LogP) is 4.28. The minimum atomic E-state index is -4.21. The van der Waals surface area contributed by atoms with E-state index < -0.39 is 5.51 Å². The number of rotatable bonds is 4. The molecule has 1 saturated heterocycles. The SMILES string of the molecule is FC(F)(F)Sc1ccc(CNC2CCSCC2)cc1. The van der Waals surface area contributed by atoms with Gasteiger partial charge in [0.15, 0.2) is 0 Å². The Morgan fingerprint density at radius 1 is 1.16 bits per heavy atom. The average Bonchev–Trinajstić information content (AvgIpc) is 2.37. The van der Waals surface area contributed by atoms with E-state index in [9.17, 15) is 13.2 Å². The molecule has 0 bridgehead atoms. The van der Waals surface area contributed by atoms with Crippen LogP contribution in [0.4, 0.5) is 13.2 Å². The lowest BCUT2D eigenvalue weighted by molar-refractivity contribution is -0.0328. The maximum absolute atomic E-state index is 12.2. The van der Waals surface area contributed by atoms with Crippen molar-refractivity contribution in [1.82, 2.24) is 5.32 Å². The number of halogens is 3. The standard InChI is InChI=1S/C13H16F3NS2/c14-13(15,16)19-12-3-1-10(2-4-12)9-17-11-5-7-18-8-6-11/h1-4,11,17H,5-9H2. The first-order valence-electron chi connectivity index (χ1n) is 6.19. The summed E-state index contributed by atoms with van der Waals surface area (Å²) in [7, 11) is 0. The Hall–Kier alpha value is -0.330. The third-order valence-electron chi connectivity index (χ3n) is 2.97. The third kappa shape index (κ3) is 5.67. The van der Waals surface area contributed by atoms with E-state index in [-0.39, 0.29) is 16.7 Å². The monoisotopic (exact) mass is 307 g/mol. The van der Waals surface area contributed by atoms with Crippen molar-refractivity contribution in [2.24, 2.45) is 0 Å². The van der Waals surface area contributed by atoms with Crippen LogP contribution in [-0.4, -0.2) is 23.1 Å². The zero-order valence-electron chi connectivity index (χ0n) is 10.4. The molecule has 2 rings (SSSR count). The molecule has 0 radical (unpaired) electrons. The Morgan fingerprint density at radius 3 is 2.37 bits per heavy atom. The molecule has 1 heterocycles. The van der Waals surface area contributed by atoms with Gasteiger partial charge in [0.05, 0.1) is 0 Å². The van der Waals surface area contributed by atoms with Crippen LogP contribution in [0.3, 0.4) is 0 Å². The smallest absolute Gasteiger partial charge is 0.310 e. The Kier molecular flexibility index (Phi) is 5.47. The van der Waals surface area contributed by atoms with Crippen LogP contribution in [0.1, 0.15) is 18.4 Å². The largest absolute Gasteiger partial charge is 0.446 e. The molecular weight excluding hydrogens is 291 g/mol. The molecule has 0 atom stereocenters. The van der Waals surface area contributed by atoms with Gasteiger partial charge >= 0.3 is 5.51 Å². The Morgan fingerprint density at radius 2 is 1.79 bits per heavy atom. The Balaban J connectivity index is 1.81. The van der Waals surface area contributed by atoms with E-state index in [1.807, 2.05) is 11.8 Å². The molecule has 0 amide bonds. The second-order valence-electron chi connectivity index (χ2n) is 4.46. The minimum absolute atomic E-state index is 0.0676. The van der Waals surface area contributed by atoms with E-state index in [2.05, 4.69) is 5.32 Å². The number of hydrogen-bond acceptors (Lipinski definition) is 3. The predicted molar refractivity (Wildman–Crippen MR) is 75.5 cm³/mol. The van der Waals surface area contributed by atoms with E-state index in [0.29, 0.717) is 6.04 Å². The number of alkyl halides is 3. The summed E-state index contributed by atoms with van der Waals surface area (Å²) in [4.78, 5) is 0.241. The molecule has 1 fully saturated rings. The number of hydrogen-bond donors (Lipinski definition) is 1. The van der Waals surface area contributed by atoms with Crippen molar-refractivity contribution >= 4 is 23.5 Å². The number of benzene rings is 1. The molecule has 1 aliphatic heterocycles. The molecule has 1 aromatic rings. The third-order valence-corrected chi connectivity index (χ3v) is 4.76. The van der Waals surface area contributed by atoms with Gasteiger partial charge in [0.25, 0.3) is 0 Å². The topological polar surface area (TPSA) is 12.0 Å². The molecule has 1 aliphatic rings. The van der Waals surface area contributed by atoms with Crippen LogP contribution in [0.5, 0.6) is 0 Å². The van der Waals surface area contributed by atoms with Gasteiger partial charge in [-0.3, -0.25) is 0 Å². The van der Waals surface area contributed by atoms with Gasteiger partial charge in [-0.1, -0.05) is 12.1 Å². The second kappa shape index (κ2) is 6.90. The van der Waals surface area contributed by atoms with Crippen molar-refractivity contribution < 1.29 is 13.2 Å². The Bertz CT molecular complexity index is 386. The molecule has 19 heavy (non-hydrogen) atoms. The summed E-state index contributed by atoms with van der Waals surface area (Å²) < 4.78 is 36.5. The number of nitrogens with one attached hydrogen (secondary N) is 1. The summed E-state index contributed by atoms with van der Waals surface area (Å²) in [6.07, 6.45) is 2.35. The van der Waals surface area contributed by atoms with Crippen LogP contribution in [0, 0.1) is 0 Å². The van der Waals surface area contributed by atoms with Crippen LogP contribution < -0.4 is 5.32 Å². The summed E-state index contributed by atoms with van der Waals surface area (Å²) >= 11 is 1.91. The maximum Gasteiger partial charge on any atom is 0.446 e. The molecule has 0 saturated carbocycles. The van der Waals surface area contributed by atoms with E-state index in [0.717, 1.165) is 12.1 Å². The van der Waals surface area contributed by atoms with Gasteiger partial charge in [0.2, 0.25) is 0 Å². The van der Waals surface area contributed by atoms with E-state index in [4.69, 9.17) is 0 Å². The molecule has 0 spiro atoms. The molecular formula is C13H16F3NS2. The van der Waals surface area contributed by atoms with E-state index in [1.165, 1.54) is 36.5 Å². The van der Waals surface area contributed by atoms with Gasteiger partial charge in [-0.05, 0) is 53.8 Å². The molecule has 106 valence electrons. The highest BCUT2D eigenvalue weighted by Crippen LogP contribution is 2.36. The molecule has 0 unspecified atom stereocenters. The summed E-state index contributed by atoms with van der Waals surface area (Å²) in [5, 5.41) is 3.46. The molecule has 1 nitrogen and oxygen atoms in total. The van der Waals surface area contributed by atoms with Gasteiger partial charge in [-0.25, -0.2) is 0 Å². The fourth-order valence-corrected chi connectivity index (χ4v) is 3.62. The second-order valence-corrected chi connectivity index (χ2v) is 6.82.